The fourth-order valence-corrected chi connectivity index (χ4v) is 3.17. The Morgan fingerprint density at radius 3 is 2.44 bits per heavy atom. The maximum absolute atomic E-state index is 13.8. The van der Waals surface area contributed by atoms with Crippen molar-refractivity contribution in [2.45, 2.75) is 6.42 Å². The predicted molar refractivity (Wildman–Crippen MR) is 95.4 cm³/mol. The van der Waals surface area contributed by atoms with Crippen LogP contribution in [0.1, 0.15) is 15.9 Å². The van der Waals surface area contributed by atoms with Crippen molar-refractivity contribution in [2.24, 2.45) is 0 Å². The van der Waals surface area contributed by atoms with E-state index in [1.165, 1.54) is 11.6 Å². The van der Waals surface area contributed by atoms with Crippen LogP contribution < -0.4 is 4.74 Å². The highest BCUT2D eigenvalue weighted by Crippen LogP contribution is 2.18. The molecule has 0 saturated carbocycles. The maximum atomic E-state index is 13.8. The number of nitrogens with zero attached hydrogens (tertiary/aromatic N) is 2. The van der Waals surface area contributed by atoms with Gasteiger partial charge in [0.25, 0.3) is 5.91 Å². The molecule has 1 saturated heterocycles. The molecule has 0 aromatic heterocycles. The lowest BCUT2D eigenvalue weighted by atomic mass is 10.1. The normalized spacial score (nSPS) is 15.2. The molecule has 1 heterocycles. The lowest BCUT2D eigenvalue weighted by molar-refractivity contribution is 0.0634. The van der Waals surface area contributed by atoms with Gasteiger partial charge in [-0.2, -0.15) is 0 Å². The first kappa shape index (κ1) is 17.4. The van der Waals surface area contributed by atoms with E-state index in [2.05, 4.69) is 11.0 Å². The molecule has 2 aromatic carbocycles. The van der Waals surface area contributed by atoms with Crippen LogP contribution in [-0.4, -0.2) is 55.5 Å². The third-order valence-electron chi connectivity index (χ3n) is 4.65. The molecule has 4 nitrogen and oxygen atoms in total. The third kappa shape index (κ3) is 4.17. The van der Waals surface area contributed by atoms with Gasteiger partial charge in [0.2, 0.25) is 0 Å². The van der Waals surface area contributed by atoms with E-state index >= 15 is 0 Å². The molecule has 5 heteroatoms. The number of halogens is 1. The Hall–Kier alpha value is -2.40. The molecule has 3 rings (SSSR count). The number of benzene rings is 2. The van der Waals surface area contributed by atoms with Crippen LogP contribution in [0.2, 0.25) is 0 Å². The molecular formula is C20H23FN2O2. The van der Waals surface area contributed by atoms with Gasteiger partial charge in [-0.3, -0.25) is 9.69 Å². The Balaban J connectivity index is 1.52. The van der Waals surface area contributed by atoms with Gasteiger partial charge in [-0.1, -0.05) is 30.3 Å². The number of piperazine rings is 1. The van der Waals surface area contributed by atoms with E-state index < -0.39 is 5.82 Å². The molecule has 0 N–H and O–H groups in total. The van der Waals surface area contributed by atoms with Crippen molar-refractivity contribution in [3.63, 3.8) is 0 Å². The van der Waals surface area contributed by atoms with E-state index in [0.29, 0.717) is 13.1 Å². The molecule has 0 atom stereocenters. The first-order valence-electron chi connectivity index (χ1n) is 8.57. The summed E-state index contributed by atoms with van der Waals surface area (Å²) >= 11 is 0. The summed E-state index contributed by atoms with van der Waals surface area (Å²) in [5.74, 6) is 0.240. The lowest BCUT2D eigenvalue weighted by Crippen LogP contribution is -2.49. The zero-order chi connectivity index (χ0) is 17.6. The van der Waals surface area contributed by atoms with Crippen LogP contribution in [0.3, 0.4) is 0 Å². The molecule has 0 spiro atoms. The van der Waals surface area contributed by atoms with Crippen molar-refractivity contribution >= 4 is 5.91 Å². The highest BCUT2D eigenvalue weighted by molar-refractivity contribution is 5.94. The quantitative estimate of drug-likeness (QED) is 0.838. The molecule has 0 unspecified atom stereocenters. The number of hydrogen-bond acceptors (Lipinski definition) is 3. The minimum Gasteiger partial charge on any atom is -0.496 e. The summed E-state index contributed by atoms with van der Waals surface area (Å²) in [4.78, 5) is 16.5. The topological polar surface area (TPSA) is 32.8 Å². The second-order valence-electron chi connectivity index (χ2n) is 6.18. The summed E-state index contributed by atoms with van der Waals surface area (Å²) in [7, 11) is 1.69. The van der Waals surface area contributed by atoms with E-state index in [1.807, 2.05) is 18.2 Å². The fourth-order valence-electron chi connectivity index (χ4n) is 3.17. The Kier molecular flexibility index (Phi) is 5.66. The van der Waals surface area contributed by atoms with Gasteiger partial charge >= 0.3 is 0 Å². The summed E-state index contributed by atoms with van der Waals surface area (Å²) in [5.41, 5.74) is 1.35. The third-order valence-corrected chi connectivity index (χ3v) is 4.65. The number of rotatable bonds is 5. The average Bonchev–Trinajstić information content (AvgIpc) is 2.67. The van der Waals surface area contributed by atoms with Crippen molar-refractivity contribution < 1.29 is 13.9 Å². The molecular weight excluding hydrogens is 319 g/mol. The van der Waals surface area contributed by atoms with Crippen molar-refractivity contribution in [1.29, 1.82) is 0 Å². The van der Waals surface area contributed by atoms with Crippen molar-refractivity contribution in [3.8, 4) is 5.75 Å². The Morgan fingerprint density at radius 1 is 1.04 bits per heavy atom. The van der Waals surface area contributed by atoms with Crippen molar-refractivity contribution in [3.05, 3.63) is 65.5 Å². The number of hydrogen-bond donors (Lipinski definition) is 0. The number of methoxy groups -OCH3 is 1. The van der Waals surface area contributed by atoms with E-state index in [0.717, 1.165) is 31.8 Å². The number of amides is 1. The molecule has 0 bridgehead atoms. The van der Waals surface area contributed by atoms with Gasteiger partial charge in [0.1, 0.15) is 11.6 Å². The van der Waals surface area contributed by atoms with Gasteiger partial charge in [0, 0.05) is 32.7 Å². The second-order valence-corrected chi connectivity index (χ2v) is 6.18. The smallest absolute Gasteiger partial charge is 0.256 e. The Labute approximate surface area is 147 Å². The summed E-state index contributed by atoms with van der Waals surface area (Å²) in [6, 6.07) is 14.2. The number of carbonyl (C=O) groups is 1. The zero-order valence-corrected chi connectivity index (χ0v) is 14.5. The molecule has 1 amide bonds. The first-order valence-corrected chi connectivity index (χ1v) is 8.57. The van der Waals surface area contributed by atoms with Crippen LogP contribution >= 0.6 is 0 Å². The van der Waals surface area contributed by atoms with Gasteiger partial charge in [-0.15, -0.1) is 0 Å². The number of para-hydroxylation sites is 1. The minimum atomic E-state index is -0.453. The highest BCUT2D eigenvalue weighted by atomic mass is 19.1. The lowest BCUT2D eigenvalue weighted by Gasteiger charge is -2.34. The van der Waals surface area contributed by atoms with Crippen LogP contribution in [-0.2, 0) is 6.42 Å². The maximum Gasteiger partial charge on any atom is 0.256 e. The standard InChI is InChI=1S/C20H23FN2O2/c1-25-19-9-5-2-6-16(19)10-11-22-12-14-23(15-13-22)20(24)17-7-3-4-8-18(17)21/h2-9H,10-15H2,1H3. The van der Waals surface area contributed by atoms with Gasteiger partial charge < -0.3 is 9.64 Å². The minimum absolute atomic E-state index is 0.157. The average molecular weight is 342 g/mol. The Morgan fingerprint density at radius 2 is 1.72 bits per heavy atom. The molecule has 25 heavy (non-hydrogen) atoms. The van der Waals surface area contributed by atoms with Crippen LogP contribution in [0, 0.1) is 5.82 Å². The summed E-state index contributed by atoms with van der Waals surface area (Å²) in [6.45, 7) is 3.77. The molecule has 132 valence electrons. The SMILES string of the molecule is COc1ccccc1CCN1CCN(C(=O)c2ccccc2F)CC1. The molecule has 1 aliphatic rings. The van der Waals surface area contributed by atoms with Crippen LogP contribution in [0.15, 0.2) is 48.5 Å². The van der Waals surface area contributed by atoms with Gasteiger partial charge in [0.05, 0.1) is 12.7 Å². The summed E-state index contributed by atoms with van der Waals surface area (Å²) in [5, 5.41) is 0. The molecule has 0 radical (unpaired) electrons. The van der Waals surface area contributed by atoms with E-state index in [1.54, 1.807) is 30.2 Å². The summed E-state index contributed by atoms with van der Waals surface area (Å²) in [6.07, 6.45) is 0.908. The van der Waals surface area contributed by atoms with Gasteiger partial charge in [0.15, 0.2) is 0 Å². The molecule has 1 aliphatic heterocycles. The van der Waals surface area contributed by atoms with Gasteiger partial charge in [-0.25, -0.2) is 4.39 Å². The van der Waals surface area contributed by atoms with Crippen LogP contribution in [0.5, 0.6) is 5.75 Å². The van der Waals surface area contributed by atoms with Crippen LogP contribution in [0.25, 0.3) is 0 Å². The number of ether oxygens (including phenoxy) is 1. The van der Waals surface area contributed by atoms with Gasteiger partial charge in [-0.05, 0) is 30.2 Å². The van der Waals surface area contributed by atoms with Crippen LogP contribution in [0.4, 0.5) is 4.39 Å². The van der Waals surface area contributed by atoms with E-state index in [9.17, 15) is 9.18 Å². The Bertz CT molecular complexity index is 727. The monoisotopic (exact) mass is 342 g/mol. The molecule has 1 fully saturated rings. The number of carbonyl (C=O) groups excluding carboxylic acids is 1. The van der Waals surface area contributed by atoms with Crippen molar-refractivity contribution in [2.75, 3.05) is 39.8 Å². The molecule has 2 aromatic rings. The predicted octanol–water partition coefficient (Wildman–Crippen LogP) is 2.83. The van der Waals surface area contributed by atoms with E-state index in [-0.39, 0.29) is 11.5 Å². The highest BCUT2D eigenvalue weighted by Gasteiger charge is 2.23. The van der Waals surface area contributed by atoms with E-state index in [4.69, 9.17) is 4.74 Å². The zero-order valence-electron chi connectivity index (χ0n) is 14.5. The largest absolute Gasteiger partial charge is 0.496 e. The summed E-state index contributed by atoms with van der Waals surface area (Å²) < 4.78 is 19.2. The second kappa shape index (κ2) is 8.12. The fraction of sp³-hybridized carbons (Fsp3) is 0.350. The molecule has 0 aliphatic carbocycles. The van der Waals surface area contributed by atoms with Crippen molar-refractivity contribution in [1.82, 2.24) is 9.80 Å². The first-order chi connectivity index (χ1) is 12.2.